The van der Waals surface area contributed by atoms with Crippen LogP contribution in [0.15, 0.2) is 358 Å². The van der Waals surface area contributed by atoms with Crippen molar-refractivity contribution in [2.45, 2.75) is 0 Å². The van der Waals surface area contributed by atoms with Crippen LogP contribution in [0.4, 0.5) is 0 Å². The monoisotopic (exact) mass is 1730 g/mol. The first-order chi connectivity index (χ1) is 63.2. The molecular weight excluding hydrogens is 1670 g/mol. The summed E-state index contributed by atoms with van der Waals surface area (Å²) in [6.45, 7) is 0. The molecule has 0 fully saturated rings. The first-order valence-electron chi connectivity index (χ1n) is 41.3. The van der Waals surface area contributed by atoms with Gasteiger partial charge in [-0.15, -0.1) is 68.0 Å². The van der Waals surface area contributed by atoms with Gasteiger partial charge >= 0.3 is 0 Å². The SMILES string of the molecule is N#Cc1c(-c2ccccc2)cc(-c2cccc3c2sc2ccccc23)c(C#N)c1-c1cccc2sc3ccccc3c12.N#Cc1c(-c2ccccc2)cc(-c2cccc3sc4ccccc4c23)c(C#N)c1-c1cccc2c1sc1ccccc12.N#Cc1cc(C#N)c(-c2cc(-c3cccc4c3sc3ccccc34)cc(-c3cccc4sc5ccccc5c34)c2)c(C#N)c1. The molecule has 0 aliphatic rings. The highest BCUT2D eigenvalue weighted by molar-refractivity contribution is 7.28. The fourth-order valence-corrected chi connectivity index (χ4v) is 25.7. The average molecular weight is 1730 g/mol. The number of hydrogen-bond donors (Lipinski definition) is 0. The Labute approximate surface area is 758 Å². The van der Waals surface area contributed by atoms with Gasteiger partial charge in [0.2, 0.25) is 0 Å². The number of fused-ring (bicyclic) bond motifs is 18. The first-order valence-corrected chi connectivity index (χ1v) is 46.2. The Morgan fingerprint density at radius 3 is 0.898 bits per heavy atom. The van der Waals surface area contributed by atoms with Crippen molar-refractivity contribution < 1.29 is 0 Å². The molecule has 24 rings (SSSR count). The van der Waals surface area contributed by atoms with Gasteiger partial charge in [-0.25, -0.2) is 0 Å². The van der Waals surface area contributed by atoms with Crippen molar-refractivity contribution in [2.24, 2.45) is 0 Å². The Kier molecular flexibility index (Phi) is 19.7. The summed E-state index contributed by atoms with van der Waals surface area (Å²) in [6, 6.07) is 139. The molecule has 18 aromatic carbocycles. The highest BCUT2D eigenvalue weighted by atomic mass is 32.1. The van der Waals surface area contributed by atoms with E-state index in [-0.39, 0.29) is 0 Å². The summed E-state index contributed by atoms with van der Waals surface area (Å²) in [4.78, 5) is 0. The van der Waals surface area contributed by atoms with Crippen LogP contribution in [0.1, 0.15) is 38.9 Å². The summed E-state index contributed by atoms with van der Waals surface area (Å²) in [5.74, 6) is 0. The van der Waals surface area contributed by atoms with Crippen molar-refractivity contribution in [1.29, 1.82) is 36.8 Å². The molecule has 0 atom stereocenters. The molecule has 13 heteroatoms. The maximum Gasteiger partial charge on any atom is 0.100 e. The van der Waals surface area contributed by atoms with Gasteiger partial charge in [-0.3, -0.25) is 0 Å². The van der Waals surface area contributed by atoms with Crippen molar-refractivity contribution in [3.63, 3.8) is 0 Å². The van der Waals surface area contributed by atoms with Crippen LogP contribution in [0, 0.1) is 79.3 Å². The van der Waals surface area contributed by atoms with E-state index < -0.39 is 0 Å². The molecule has 0 spiro atoms. The van der Waals surface area contributed by atoms with Crippen molar-refractivity contribution in [3.05, 3.63) is 397 Å². The second-order valence-corrected chi connectivity index (χ2v) is 37.5. The van der Waals surface area contributed by atoms with Gasteiger partial charge in [0.15, 0.2) is 0 Å². The Morgan fingerprint density at radius 2 is 0.461 bits per heavy atom. The summed E-state index contributed by atoms with van der Waals surface area (Å²) in [7, 11) is 0. The lowest BCUT2D eigenvalue weighted by Crippen LogP contribution is -1.98. The summed E-state index contributed by atoms with van der Waals surface area (Å²) < 4.78 is 14.2. The molecule has 0 saturated carbocycles. The Balaban J connectivity index is 0.000000113. The van der Waals surface area contributed by atoms with Crippen molar-refractivity contribution in [3.8, 4) is 143 Å². The van der Waals surface area contributed by atoms with Crippen molar-refractivity contribution in [1.82, 2.24) is 0 Å². The lowest BCUT2D eigenvalue weighted by molar-refractivity contribution is 1.41. The summed E-state index contributed by atoms with van der Waals surface area (Å²) in [5, 5.41) is 87.3. The lowest BCUT2D eigenvalue weighted by atomic mass is 9.83. The molecule has 128 heavy (non-hydrogen) atoms. The van der Waals surface area contributed by atoms with E-state index in [9.17, 15) is 36.8 Å². The van der Waals surface area contributed by atoms with Gasteiger partial charge in [-0.05, 0) is 147 Å². The smallest absolute Gasteiger partial charge is 0.100 e. The zero-order valence-corrected chi connectivity index (χ0v) is 72.5. The van der Waals surface area contributed by atoms with E-state index in [4.69, 9.17) is 0 Å². The second kappa shape index (κ2) is 32.4. The standard InChI is InChI=1S/C39H19N3S2.2C38H20N2S2/c40-20-23-15-27(21-41)37(28(16-23)22-42)26-18-24(29-9-6-14-36-38(29)33-8-2-4-13-35(33)43-36)17-25(19-26)30-10-5-11-32-31-7-1-3-12-34(31)44-39(30)32;39-21-31-29(23-10-2-1-3-11-23)20-30(25-14-9-19-35-37(25)27-13-5-7-18-34(27)41-35)32(22-40)36(31)28-16-8-15-26-24-12-4-6-17-33(24)42-38(26)28;39-21-31-29(23-10-2-1-3-11-23)20-30(26-15-8-14-25-24-12-4-6-17-33(24)42-38(25)26)32(22-40)36(31)28-16-9-19-35-37(28)27-13-5-7-18-34(27)41-35/h1-19H;2*1-20H. The quantitative estimate of drug-likeness (QED) is 0.139. The molecule has 0 amide bonds. The van der Waals surface area contributed by atoms with E-state index in [1.54, 1.807) is 80.2 Å². The predicted octanol–water partition coefficient (Wildman–Crippen LogP) is 33.4. The van der Waals surface area contributed by atoms with Crippen molar-refractivity contribution in [2.75, 3.05) is 0 Å². The number of hydrogen-bond acceptors (Lipinski definition) is 13. The molecule has 24 aromatic rings. The van der Waals surface area contributed by atoms with Crippen molar-refractivity contribution >= 4 is 189 Å². The summed E-state index contributed by atoms with van der Waals surface area (Å²) >= 11 is 10.5. The maximum absolute atomic E-state index is 10.9. The Morgan fingerprint density at radius 1 is 0.164 bits per heavy atom. The number of benzene rings is 18. The van der Waals surface area contributed by atoms with Crippen LogP contribution in [0.5, 0.6) is 0 Å². The summed E-state index contributed by atoms with van der Waals surface area (Å²) in [6.07, 6.45) is 0. The maximum atomic E-state index is 10.9. The normalized spacial score (nSPS) is 11.2. The molecule has 590 valence electrons. The van der Waals surface area contributed by atoms with Crippen LogP contribution >= 0.6 is 68.0 Å². The lowest BCUT2D eigenvalue weighted by Gasteiger charge is -2.18. The third kappa shape index (κ3) is 13.0. The molecule has 7 nitrogen and oxygen atoms in total. The third-order valence-corrected chi connectivity index (χ3v) is 31.2. The molecule has 6 aromatic heterocycles. The predicted molar refractivity (Wildman–Crippen MR) is 539 cm³/mol. The van der Waals surface area contributed by atoms with Gasteiger partial charge in [0.25, 0.3) is 0 Å². The van der Waals surface area contributed by atoms with Gasteiger partial charge < -0.3 is 0 Å². The largest absolute Gasteiger partial charge is 0.192 e. The van der Waals surface area contributed by atoms with Crippen LogP contribution < -0.4 is 0 Å². The number of nitrogens with zero attached hydrogens (tertiary/aromatic N) is 7. The van der Waals surface area contributed by atoms with Crippen LogP contribution in [0.2, 0.25) is 0 Å². The number of rotatable bonds is 9. The van der Waals surface area contributed by atoms with E-state index in [2.05, 4.69) is 315 Å². The molecule has 0 saturated heterocycles. The number of thiophene rings is 6. The van der Waals surface area contributed by atoms with Crippen LogP contribution in [0.25, 0.3) is 221 Å². The molecule has 0 aliphatic heterocycles. The fraction of sp³-hybridized carbons (Fsp3) is 0. The van der Waals surface area contributed by atoms with Crippen LogP contribution in [-0.4, -0.2) is 0 Å². The molecule has 0 radical (unpaired) electrons. The Bertz CT molecular complexity index is 9060. The van der Waals surface area contributed by atoms with Crippen LogP contribution in [0.3, 0.4) is 0 Å². The minimum absolute atomic E-state index is 0.294. The molecule has 0 aliphatic carbocycles. The van der Waals surface area contributed by atoms with Gasteiger partial charge in [0.05, 0.1) is 57.2 Å². The minimum Gasteiger partial charge on any atom is -0.192 e. The van der Waals surface area contributed by atoms with Gasteiger partial charge in [-0.1, -0.05) is 261 Å². The van der Waals surface area contributed by atoms with Crippen LogP contribution in [-0.2, 0) is 0 Å². The molecule has 0 unspecified atom stereocenters. The average Bonchev–Trinajstić information content (AvgIpc) is 1.47. The summed E-state index contributed by atoms with van der Waals surface area (Å²) in [5.41, 5.74) is 19.0. The van der Waals surface area contributed by atoms with E-state index in [0.717, 1.165) is 119 Å². The third-order valence-electron chi connectivity index (χ3n) is 24.2. The highest BCUT2D eigenvalue weighted by Crippen LogP contribution is 2.53. The molecular formula is C115H59N7S6. The minimum atomic E-state index is 0.294. The highest BCUT2D eigenvalue weighted by Gasteiger charge is 2.29. The van der Waals surface area contributed by atoms with Gasteiger partial charge in [0, 0.05) is 171 Å². The topological polar surface area (TPSA) is 167 Å². The zero-order valence-electron chi connectivity index (χ0n) is 67.6. The second-order valence-electron chi connectivity index (χ2n) is 31.1. The Hall–Kier alpha value is -16.3. The number of nitriles is 7. The molecule has 0 N–H and O–H groups in total. The van der Waals surface area contributed by atoms with E-state index in [1.807, 2.05) is 72.8 Å². The zero-order chi connectivity index (χ0) is 86.2. The first kappa shape index (κ1) is 77.7. The van der Waals surface area contributed by atoms with E-state index in [1.165, 1.54) is 85.4 Å². The molecule has 6 heterocycles. The van der Waals surface area contributed by atoms with E-state index in [0.29, 0.717) is 55.6 Å². The fourth-order valence-electron chi connectivity index (χ4n) is 18.6. The molecule has 0 bridgehead atoms. The van der Waals surface area contributed by atoms with E-state index >= 15 is 0 Å². The van der Waals surface area contributed by atoms with Gasteiger partial charge in [0.1, 0.15) is 24.3 Å². The van der Waals surface area contributed by atoms with Gasteiger partial charge in [-0.2, -0.15) is 36.8 Å².